The van der Waals surface area contributed by atoms with Crippen LogP contribution in [0.2, 0.25) is 0 Å². The summed E-state index contributed by atoms with van der Waals surface area (Å²) in [5, 5.41) is 6.05. The minimum absolute atomic E-state index is 0.0117. The molecule has 1 heterocycles. The van der Waals surface area contributed by atoms with Crippen molar-refractivity contribution in [3.63, 3.8) is 0 Å². The van der Waals surface area contributed by atoms with E-state index < -0.39 is 0 Å². The summed E-state index contributed by atoms with van der Waals surface area (Å²) in [7, 11) is 1.34. The number of amides is 1. The zero-order valence-corrected chi connectivity index (χ0v) is 9.75. The lowest BCUT2D eigenvalue weighted by Gasteiger charge is -2.09. The molecule has 5 nitrogen and oxygen atoms in total. The van der Waals surface area contributed by atoms with Gasteiger partial charge in [-0.1, -0.05) is 0 Å². The molecule has 1 fully saturated rings. The van der Waals surface area contributed by atoms with Crippen LogP contribution in [0.1, 0.15) is 32.1 Å². The third-order valence-electron chi connectivity index (χ3n) is 2.76. The number of ether oxygens (including phenoxy) is 1. The van der Waals surface area contributed by atoms with E-state index in [-0.39, 0.29) is 18.3 Å². The second-order valence-corrected chi connectivity index (χ2v) is 4.01. The van der Waals surface area contributed by atoms with Crippen molar-refractivity contribution in [3.8, 4) is 0 Å². The first-order chi connectivity index (χ1) is 7.72. The molecule has 1 atom stereocenters. The molecule has 0 spiro atoms. The first kappa shape index (κ1) is 13.0. The van der Waals surface area contributed by atoms with Gasteiger partial charge in [-0.2, -0.15) is 0 Å². The summed E-state index contributed by atoms with van der Waals surface area (Å²) in [6.07, 6.45) is 4.01. The molecule has 0 radical (unpaired) electrons. The van der Waals surface area contributed by atoms with Gasteiger partial charge >= 0.3 is 5.97 Å². The van der Waals surface area contributed by atoms with Crippen LogP contribution in [0, 0.1) is 0 Å². The van der Waals surface area contributed by atoms with Crippen molar-refractivity contribution in [2.24, 2.45) is 0 Å². The van der Waals surface area contributed by atoms with Gasteiger partial charge in [-0.05, 0) is 25.8 Å². The molecule has 5 heteroatoms. The smallest absolute Gasteiger partial charge is 0.307 e. The minimum atomic E-state index is -0.294. The lowest BCUT2D eigenvalue weighted by atomic mass is 10.1. The van der Waals surface area contributed by atoms with Gasteiger partial charge in [-0.25, -0.2) is 0 Å². The van der Waals surface area contributed by atoms with Crippen LogP contribution in [0.3, 0.4) is 0 Å². The quantitative estimate of drug-likeness (QED) is 0.637. The lowest BCUT2D eigenvalue weighted by molar-refractivity contribution is -0.140. The maximum absolute atomic E-state index is 11.4. The normalized spacial score (nSPS) is 19.4. The van der Waals surface area contributed by atoms with Gasteiger partial charge in [0.1, 0.15) is 0 Å². The number of methoxy groups -OCH3 is 1. The van der Waals surface area contributed by atoms with Gasteiger partial charge in [0.15, 0.2) is 0 Å². The van der Waals surface area contributed by atoms with Crippen LogP contribution in [-0.4, -0.2) is 38.1 Å². The Morgan fingerprint density at radius 3 is 2.88 bits per heavy atom. The molecule has 16 heavy (non-hydrogen) atoms. The SMILES string of the molecule is COC(=O)CCNC(=O)CCC1CCCN1. The molecule has 1 amide bonds. The predicted molar refractivity (Wildman–Crippen MR) is 59.9 cm³/mol. The van der Waals surface area contributed by atoms with Gasteiger partial charge in [0.05, 0.1) is 13.5 Å². The van der Waals surface area contributed by atoms with Crippen molar-refractivity contribution in [1.82, 2.24) is 10.6 Å². The molecule has 0 aromatic carbocycles. The van der Waals surface area contributed by atoms with E-state index in [2.05, 4.69) is 15.4 Å². The zero-order chi connectivity index (χ0) is 11.8. The van der Waals surface area contributed by atoms with Crippen LogP contribution >= 0.6 is 0 Å². The third-order valence-corrected chi connectivity index (χ3v) is 2.76. The first-order valence-corrected chi connectivity index (χ1v) is 5.79. The first-order valence-electron chi connectivity index (χ1n) is 5.79. The van der Waals surface area contributed by atoms with E-state index in [1.807, 2.05) is 0 Å². The fraction of sp³-hybridized carbons (Fsp3) is 0.818. The van der Waals surface area contributed by atoms with Crippen LogP contribution < -0.4 is 10.6 Å². The molecule has 1 aliphatic heterocycles. The standard InChI is InChI=1S/C11H20N2O3/c1-16-11(15)6-8-13-10(14)5-4-9-3-2-7-12-9/h9,12H,2-8H2,1H3,(H,13,14). The number of carbonyl (C=O) groups excluding carboxylic acids is 2. The minimum Gasteiger partial charge on any atom is -0.469 e. The van der Waals surface area contributed by atoms with Crippen LogP contribution in [0.15, 0.2) is 0 Å². The van der Waals surface area contributed by atoms with Gasteiger partial charge in [-0.3, -0.25) is 9.59 Å². The van der Waals surface area contributed by atoms with E-state index in [0.717, 1.165) is 19.4 Å². The van der Waals surface area contributed by atoms with Crippen molar-refractivity contribution in [2.75, 3.05) is 20.2 Å². The summed E-state index contributed by atoms with van der Waals surface area (Å²) >= 11 is 0. The van der Waals surface area contributed by atoms with Gasteiger partial charge in [0.25, 0.3) is 0 Å². The van der Waals surface area contributed by atoms with Crippen LogP contribution in [0.4, 0.5) is 0 Å². The highest BCUT2D eigenvalue weighted by Crippen LogP contribution is 2.10. The maximum atomic E-state index is 11.4. The largest absolute Gasteiger partial charge is 0.469 e. The average Bonchev–Trinajstić information content (AvgIpc) is 2.79. The van der Waals surface area contributed by atoms with Crippen molar-refractivity contribution < 1.29 is 14.3 Å². The Hall–Kier alpha value is -1.10. The Balaban J connectivity index is 2.00. The van der Waals surface area contributed by atoms with Crippen molar-refractivity contribution in [3.05, 3.63) is 0 Å². The molecule has 0 aliphatic carbocycles. The second-order valence-electron chi connectivity index (χ2n) is 4.01. The van der Waals surface area contributed by atoms with E-state index in [0.29, 0.717) is 19.0 Å². The molecule has 0 bridgehead atoms. The topological polar surface area (TPSA) is 67.4 Å². The molecule has 2 N–H and O–H groups in total. The van der Waals surface area contributed by atoms with Crippen molar-refractivity contribution >= 4 is 11.9 Å². The summed E-state index contributed by atoms with van der Waals surface area (Å²) in [4.78, 5) is 22.2. The number of hydrogen-bond acceptors (Lipinski definition) is 4. The molecule has 0 saturated carbocycles. The number of hydrogen-bond donors (Lipinski definition) is 2. The van der Waals surface area contributed by atoms with Crippen LogP contribution in [0.25, 0.3) is 0 Å². The van der Waals surface area contributed by atoms with E-state index >= 15 is 0 Å². The van der Waals surface area contributed by atoms with E-state index in [9.17, 15) is 9.59 Å². The van der Waals surface area contributed by atoms with Crippen molar-refractivity contribution in [1.29, 1.82) is 0 Å². The fourth-order valence-electron chi connectivity index (χ4n) is 1.80. The Kier molecular flexibility index (Phi) is 5.85. The average molecular weight is 228 g/mol. The summed E-state index contributed by atoms with van der Waals surface area (Å²) in [6.45, 7) is 1.43. The number of rotatable bonds is 6. The van der Waals surface area contributed by atoms with Crippen LogP contribution in [0.5, 0.6) is 0 Å². The summed E-state index contributed by atoms with van der Waals surface area (Å²) in [6, 6.07) is 0.492. The maximum Gasteiger partial charge on any atom is 0.307 e. The van der Waals surface area contributed by atoms with Crippen LogP contribution in [-0.2, 0) is 14.3 Å². The number of esters is 1. The number of nitrogens with one attached hydrogen (secondary N) is 2. The molecule has 1 unspecified atom stereocenters. The molecular formula is C11H20N2O3. The van der Waals surface area contributed by atoms with Crippen molar-refractivity contribution in [2.45, 2.75) is 38.1 Å². The summed E-state index contributed by atoms with van der Waals surface area (Å²) in [5.74, 6) is -0.282. The fourth-order valence-corrected chi connectivity index (χ4v) is 1.80. The zero-order valence-electron chi connectivity index (χ0n) is 9.75. The Bertz CT molecular complexity index is 237. The van der Waals surface area contributed by atoms with Gasteiger partial charge < -0.3 is 15.4 Å². The second kappa shape index (κ2) is 7.22. The molecule has 92 valence electrons. The summed E-state index contributed by atoms with van der Waals surface area (Å²) in [5.41, 5.74) is 0. The van der Waals surface area contributed by atoms with E-state index in [1.165, 1.54) is 13.5 Å². The van der Waals surface area contributed by atoms with Gasteiger partial charge in [0.2, 0.25) is 5.91 Å². The summed E-state index contributed by atoms with van der Waals surface area (Å²) < 4.78 is 4.47. The number of carbonyl (C=O) groups is 2. The highest BCUT2D eigenvalue weighted by Gasteiger charge is 2.15. The molecule has 0 aromatic rings. The van der Waals surface area contributed by atoms with E-state index in [1.54, 1.807) is 0 Å². The molecule has 1 saturated heterocycles. The Labute approximate surface area is 95.9 Å². The highest BCUT2D eigenvalue weighted by molar-refractivity contribution is 5.77. The van der Waals surface area contributed by atoms with E-state index in [4.69, 9.17) is 0 Å². The Morgan fingerprint density at radius 1 is 1.44 bits per heavy atom. The molecule has 0 aromatic heterocycles. The molecular weight excluding hydrogens is 208 g/mol. The van der Waals surface area contributed by atoms with Gasteiger partial charge in [-0.15, -0.1) is 0 Å². The molecule has 1 rings (SSSR count). The Morgan fingerprint density at radius 2 is 2.25 bits per heavy atom. The van der Waals surface area contributed by atoms with Gasteiger partial charge in [0, 0.05) is 19.0 Å². The third kappa shape index (κ3) is 5.11. The lowest BCUT2D eigenvalue weighted by Crippen LogP contribution is -2.29. The predicted octanol–water partition coefficient (Wildman–Crippen LogP) is 0.198. The highest BCUT2D eigenvalue weighted by atomic mass is 16.5. The molecule has 1 aliphatic rings. The monoisotopic (exact) mass is 228 g/mol.